The van der Waals surface area contributed by atoms with E-state index in [0.717, 1.165) is 22.2 Å². The molecule has 0 aliphatic carbocycles. The average Bonchev–Trinajstić information content (AvgIpc) is 2.86. The summed E-state index contributed by atoms with van der Waals surface area (Å²) in [6, 6.07) is 12.3. The summed E-state index contributed by atoms with van der Waals surface area (Å²) in [6.45, 7) is 0.528. The quantitative estimate of drug-likeness (QED) is 0.741. The highest BCUT2D eigenvalue weighted by Gasteiger charge is 2.08. The van der Waals surface area contributed by atoms with Gasteiger partial charge in [0, 0.05) is 23.8 Å². The second-order valence-electron chi connectivity index (χ2n) is 4.68. The van der Waals surface area contributed by atoms with Crippen LogP contribution in [0.4, 0.5) is 10.1 Å². The number of fused-ring (bicyclic) bond motifs is 1. The minimum Gasteiger partial charge on any atom is -0.496 e. The molecule has 0 saturated carbocycles. The molecule has 0 fully saturated rings. The lowest BCUT2D eigenvalue weighted by molar-refractivity contribution is 0.420. The fraction of sp³-hybridized carbons (Fsp3) is 0.125. The number of nitrogens with two attached hydrogens (primary N) is 1. The SMILES string of the molecule is COc1cccc2c1ccn2Cc1cc(F)ccc1N. The van der Waals surface area contributed by atoms with Crippen molar-refractivity contribution in [3.63, 3.8) is 0 Å². The number of rotatable bonds is 3. The van der Waals surface area contributed by atoms with Crippen LogP contribution in [0.2, 0.25) is 0 Å². The summed E-state index contributed by atoms with van der Waals surface area (Å²) in [7, 11) is 1.65. The van der Waals surface area contributed by atoms with Crippen LogP contribution in [0.1, 0.15) is 5.56 Å². The zero-order valence-corrected chi connectivity index (χ0v) is 11.1. The van der Waals surface area contributed by atoms with Gasteiger partial charge in [0.2, 0.25) is 0 Å². The number of hydrogen-bond donors (Lipinski definition) is 1. The standard InChI is InChI=1S/C16H15FN2O/c1-20-16-4-2-3-15-13(16)7-8-19(15)10-11-9-12(17)5-6-14(11)18/h2-9H,10,18H2,1H3. The number of ether oxygens (including phenoxy) is 1. The number of benzene rings is 2. The number of nitrogen functional groups attached to an aromatic ring is 1. The number of aromatic nitrogens is 1. The highest BCUT2D eigenvalue weighted by atomic mass is 19.1. The lowest BCUT2D eigenvalue weighted by Gasteiger charge is -2.09. The summed E-state index contributed by atoms with van der Waals surface area (Å²) >= 11 is 0. The van der Waals surface area contributed by atoms with E-state index < -0.39 is 0 Å². The molecule has 3 aromatic rings. The first-order valence-corrected chi connectivity index (χ1v) is 6.35. The summed E-state index contributed by atoms with van der Waals surface area (Å²) in [6.07, 6.45) is 1.96. The van der Waals surface area contributed by atoms with E-state index in [1.165, 1.54) is 12.1 Å². The van der Waals surface area contributed by atoms with Crippen molar-refractivity contribution in [2.24, 2.45) is 0 Å². The Balaban J connectivity index is 2.05. The first kappa shape index (κ1) is 12.5. The lowest BCUT2D eigenvalue weighted by Crippen LogP contribution is -2.02. The van der Waals surface area contributed by atoms with E-state index >= 15 is 0 Å². The monoisotopic (exact) mass is 270 g/mol. The van der Waals surface area contributed by atoms with Crippen LogP contribution < -0.4 is 10.5 Å². The van der Waals surface area contributed by atoms with E-state index in [1.807, 2.05) is 35.0 Å². The van der Waals surface area contributed by atoms with Gasteiger partial charge in [0.1, 0.15) is 11.6 Å². The Hall–Kier alpha value is -2.49. The Morgan fingerprint density at radius 2 is 2.05 bits per heavy atom. The van der Waals surface area contributed by atoms with Gasteiger partial charge >= 0.3 is 0 Å². The van der Waals surface area contributed by atoms with Crippen LogP contribution in [0.25, 0.3) is 10.9 Å². The van der Waals surface area contributed by atoms with Gasteiger partial charge in [0.25, 0.3) is 0 Å². The molecule has 0 aliphatic heterocycles. The van der Waals surface area contributed by atoms with Gasteiger partial charge in [-0.15, -0.1) is 0 Å². The Morgan fingerprint density at radius 3 is 2.85 bits per heavy atom. The maximum absolute atomic E-state index is 13.3. The third-order valence-corrected chi connectivity index (χ3v) is 3.44. The normalized spacial score (nSPS) is 10.9. The minimum absolute atomic E-state index is 0.275. The van der Waals surface area contributed by atoms with Crippen molar-refractivity contribution in [1.82, 2.24) is 4.57 Å². The van der Waals surface area contributed by atoms with E-state index in [4.69, 9.17) is 10.5 Å². The number of halogens is 1. The molecule has 0 atom stereocenters. The molecule has 0 amide bonds. The lowest BCUT2D eigenvalue weighted by atomic mass is 10.1. The predicted molar refractivity (Wildman–Crippen MR) is 78.4 cm³/mol. The third-order valence-electron chi connectivity index (χ3n) is 3.44. The molecule has 3 nitrogen and oxygen atoms in total. The van der Waals surface area contributed by atoms with Gasteiger partial charge in [-0.05, 0) is 42.0 Å². The van der Waals surface area contributed by atoms with Crippen molar-refractivity contribution in [1.29, 1.82) is 0 Å². The van der Waals surface area contributed by atoms with Crippen LogP contribution >= 0.6 is 0 Å². The van der Waals surface area contributed by atoms with Crippen molar-refractivity contribution in [3.8, 4) is 5.75 Å². The highest BCUT2D eigenvalue weighted by molar-refractivity contribution is 5.86. The predicted octanol–water partition coefficient (Wildman–Crippen LogP) is 3.42. The third kappa shape index (κ3) is 2.09. The maximum atomic E-state index is 13.3. The summed E-state index contributed by atoms with van der Waals surface area (Å²) in [5, 5.41) is 1.03. The van der Waals surface area contributed by atoms with Gasteiger partial charge in [-0.25, -0.2) is 4.39 Å². The van der Waals surface area contributed by atoms with Crippen molar-refractivity contribution in [3.05, 3.63) is 60.0 Å². The molecule has 2 aromatic carbocycles. The van der Waals surface area contributed by atoms with Crippen molar-refractivity contribution in [2.75, 3.05) is 12.8 Å². The molecule has 0 saturated heterocycles. The number of hydrogen-bond acceptors (Lipinski definition) is 2. The molecule has 3 rings (SSSR count). The molecule has 0 aliphatic rings. The molecule has 0 bridgehead atoms. The minimum atomic E-state index is -0.275. The topological polar surface area (TPSA) is 40.2 Å². The van der Waals surface area contributed by atoms with E-state index in [9.17, 15) is 4.39 Å². The van der Waals surface area contributed by atoms with E-state index in [2.05, 4.69) is 0 Å². The van der Waals surface area contributed by atoms with Crippen LogP contribution in [0.3, 0.4) is 0 Å². The second-order valence-corrected chi connectivity index (χ2v) is 4.68. The first-order chi connectivity index (χ1) is 9.69. The van der Waals surface area contributed by atoms with Crippen LogP contribution in [0.5, 0.6) is 5.75 Å². The molecule has 20 heavy (non-hydrogen) atoms. The summed E-state index contributed by atoms with van der Waals surface area (Å²) in [4.78, 5) is 0. The van der Waals surface area contributed by atoms with Crippen molar-refractivity contribution >= 4 is 16.6 Å². The van der Waals surface area contributed by atoms with Crippen LogP contribution in [-0.2, 0) is 6.54 Å². The van der Waals surface area contributed by atoms with Gasteiger partial charge < -0.3 is 15.0 Å². The van der Waals surface area contributed by atoms with E-state index in [0.29, 0.717) is 12.2 Å². The second kappa shape index (κ2) is 4.89. The van der Waals surface area contributed by atoms with E-state index in [-0.39, 0.29) is 5.82 Å². The molecule has 102 valence electrons. The zero-order valence-electron chi connectivity index (χ0n) is 11.1. The first-order valence-electron chi connectivity index (χ1n) is 6.35. The molecule has 1 heterocycles. The van der Waals surface area contributed by atoms with Crippen LogP contribution in [-0.4, -0.2) is 11.7 Å². The summed E-state index contributed by atoms with van der Waals surface area (Å²) in [5.41, 5.74) is 8.30. The Kier molecular flexibility index (Phi) is 3.06. The molecule has 2 N–H and O–H groups in total. The molecule has 0 unspecified atom stereocenters. The number of nitrogens with zero attached hydrogens (tertiary/aromatic N) is 1. The summed E-state index contributed by atoms with van der Waals surface area (Å²) < 4.78 is 20.7. The molecule has 0 spiro atoms. The van der Waals surface area contributed by atoms with Crippen molar-refractivity contribution < 1.29 is 9.13 Å². The van der Waals surface area contributed by atoms with Gasteiger partial charge in [0.05, 0.1) is 12.6 Å². The van der Waals surface area contributed by atoms with Crippen LogP contribution in [0.15, 0.2) is 48.7 Å². The van der Waals surface area contributed by atoms with Crippen LogP contribution in [0, 0.1) is 5.82 Å². The Morgan fingerprint density at radius 1 is 1.20 bits per heavy atom. The van der Waals surface area contributed by atoms with E-state index in [1.54, 1.807) is 13.2 Å². The molecular weight excluding hydrogens is 255 g/mol. The maximum Gasteiger partial charge on any atom is 0.128 e. The smallest absolute Gasteiger partial charge is 0.128 e. The molecule has 0 radical (unpaired) electrons. The molecular formula is C16H15FN2O. The van der Waals surface area contributed by atoms with Gasteiger partial charge in [-0.2, -0.15) is 0 Å². The van der Waals surface area contributed by atoms with Gasteiger partial charge in [-0.1, -0.05) is 6.07 Å². The van der Waals surface area contributed by atoms with Gasteiger partial charge in [0.15, 0.2) is 0 Å². The average molecular weight is 270 g/mol. The molecule has 1 aromatic heterocycles. The largest absolute Gasteiger partial charge is 0.496 e. The summed E-state index contributed by atoms with van der Waals surface area (Å²) in [5.74, 6) is 0.553. The number of anilines is 1. The Labute approximate surface area is 116 Å². The zero-order chi connectivity index (χ0) is 14.1. The number of methoxy groups -OCH3 is 1. The van der Waals surface area contributed by atoms with Gasteiger partial charge in [-0.3, -0.25) is 0 Å². The highest BCUT2D eigenvalue weighted by Crippen LogP contribution is 2.27. The fourth-order valence-corrected chi connectivity index (χ4v) is 2.41. The van der Waals surface area contributed by atoms with Crippen molar-refractivity contribution in [2.45, 2.75) is 6.54 Å². The Bertz CT molecular complexity index is 764. The fourth-order valence-electron chi connectivity index (χ4n) is 2.41. The molecule has 4 heteroatoms.